The number of hydrogen-bond acceptors (Lipinski definition) is 9. The Morgan fingerprint density at radius 3 is 2.86 bits per heavy atom. The topological polar surface area (TPSA) is 154 Å². The van der Waals surface area contributed by atoms with E-state index >= 15 is 0 Å². The van der Waals surface area contributed by atoms with Crippen molar-refractivity contribution in [2.45, 2.75) is 12.1 Å². The van der Waals surface area contributed by atoms with E-state index in [1.807, 2.05) is 0 Å². The van der Waals surface area contributed by atoms with Crippen LogP contribution in [0.4, 0.5) is 14.6 Å². The van der Waals surface area contributed by atoms with E-state index in [0.29, 0.717) is 0 Å². The average Bonchev–Trinajstić information content (AvgIpc) is 3.07. The molecule has 14 heteroatoms. The van der Waals surface area contributed by atoms with Crippen LogP contribution in [0.3, 0.4) is 0 Å². The summed E-state index contributed by atoms with van der Waals surface area (Å²) in [7, 11) is -2.58. The van der Waals surface area contributed by atoms with Gasteiger partial charge < -0.3 is 16.4 Å². The van der Waals surface area contributed by atoms with Crippen molar-refractivity contribution in [3.8, 4) is 12.3 Å². The van der Waals surface area contributed by atoms with Crippen LogP contribution < -0.4 is 16.4 Å². The van der Waals surface area contributed by atoms with E-state index in [1.54, 1.807) is 5.32 Å². The number of terminal acetylenes is 1. The maximum Gasteiger partial charge on any atom is 0.312 e. The summed E-state index contributed by atoms with van der Waals surface area (Å²) in [5, 5.41) is 12.9. The molecule has 1 aromatic rings. The number of thiazole rings is 1. The molecule has 0 saturated heterocycles. The number of halogens is 2. The van der Waals surface area contributed by atoms with E-state index in [9.17, 15) is 22.0 Å². The smallest absolute Gasteiger partial charge is 0.312 e. The predicted octanol–water partition coefficient (Wildman–Crippen LogP) is -0.154. The van der Waals surface area contributed by atoms with Crippen LogP contribution in [-0.2, 0) is 20.4 Å². The van der Waals surface area contributed by atoms with Gasteiger partial charge in [-0.1, -0.05) is 5.92 Å². The Bertz CT molecular complexity index is 997. The van der Waals surface area contributed by atoms with Crippen molar-refractivity contribution in [1.82, 2.24) is 14.6 Å². The number of nitrogens with zero attached hydrogens (tertiary/aromatic N) is 3. The Morgan fingerprint density at radius 1 is 1.61 bits per heavy atom. The first-order chi connectivity index (χ1) is 13.0. The van der Waals surface area contributed by atoms with Gasteiger partial charge in [0, 0.05) is 18.6 Å². The number of nitrogens with one attached hydrogen (secondary N) is 3. The highest BCUT2D eigenvalue weighted by Gasteiger charge is 2.44. The van der Waals surface area contributed by atoms with Crippen molar-refractivity contribution in [3.05, 3.63) is 22.7 Å². The number of rotatable bonds is 6. The van der Waals surface area contributed by atoms with Crippen molar-refractivity contribution >= 4 is 44.8 Å². The molecule has 28 heavy (non-hydrogen) atoms. The number of carbonyl (C=O) groups is 1. The fourth-order valence-electron chi connectivity index (χ4n) is 2.03. The van der Waals surface area contributed by atoms with Crippen molar-refractivity contribution in [1.29, 1.82) is 5.41 Å². The van der Waals surface area contributed by atoms with E-state index in [-0.39, 0.29) is 16.8 Å². The molecule has 1 aromatic heterocycles. The summed E-state index contributed by atoms with van der Waals surface area (Å²) in [5.41, 5.74) is 3.38. The van der Waals surface area contributed by atoms with Crippen LogP contribution >= 0.6 is 11.3 Å². The lowest BCUT2D eigenvalue weighted by Gasteiger charge is -2.31. The van der Waals surface area contributed by atoms with Gasteiger partial charge in [-0.25, -0.2) is 22.7 Å². The molecule has 0 saturated carbocycles. The van der Waals surface area contributed by atoms with Crippen LogP contribution in [0.15, 0.2) is 22.6 Å². The number of amides is 1. The maximum absolute atomic E-state index is 12.2. The Morgan fingerprint density at radius 2 is 2.29 bits per heavy atom. The van der Waals surface area contributed by atoms with Crippen molar-refractivity contribution in [2.24, 2.45) is 10.7 Å². The number of nitrogens with two attached hydrogens (primary N) is 1. The molecule has 1 amide bonds. The monoisotopic (exact) mass is 431 g/mol. The second-order valence-electron chi connectivity index (χ2n) is 5.40. The number of guanidine groups is 1. The van der Waals surface area contributed by atoms with E-state index < -0.39 is 39.5 Å². The van der Waals surface area contributed by atoms with Crippen molar-refractivity contribution < 1.29 is 22.0 Å². The van der Waals surface area contributed by atoms with Gasteiger partial charge in [0.05, 0.1) is 0 Å². The molecular weight excluding hydrogens is 416 g/mol. The van der Waals surface area contributed by atoms with Gasteiger partial charge in [-0.3, -0.25) is 10.2 Å². The molecule has 0 aliphatic carbocycles. The highest BCUT2D eigenvalue weighted by atomic mass is 32.2. The summed E-state index contributed by atoms with van der Waals surface area (Å²) in [4.78, 5) is 20.0. The van der Waals surface area contributed by atoms with Gasteiger partial charge in [-0.2, -0.15) is 8.78 Å². The molecule has 10 nitrogen and oxygen atoms in total. The molecule has 0 radical (unpaired) electrons. The van der Waals surface area contributed by atoms with Crippen molar-refractivity contribution in [2.75, 3.05) is 18.1 Å². The van der Waals surface area contributed by atoms with Gasteiger partial charge >= 0.3 is 6.55 Å². The third-order valence-corrected chi connectivity index (χ3v) is 6.29. The van der Waals surface area contributed by atoms with E-state index in [4.69, 9.17) is 17.6 Å². The summed E-state index contributed by atoms with van der Waals surface area (Å²) >= 11 is 0.945. The molecule has 0 bridgehead atoms. The van der Waals surface area contributed by atoms with Crippen LogP contribution in [0.1, 0.15) is 5.01 Å². The normalized spacial score (nSPS) is 21.2. The Balaban J connectivity index is 2.21. The van der Waals surface area contributed by atoms with Crippen LogP contribution in [0.25, 0.3) is 0 Å². The summed E-state index contributed by atoms with van der Waals surface area (Å²) in [5.74, 6) is 0.504. The second kappa shape index (κ2) is 7.90. The molecule has 5 N–H and O–H groups in total. The van der Waals surface area contributed by atoms with Gasteiger partial charge in [0.1, 0.15) is 22.3 Å². The lowest BCUT2D eigenvalue weighted by atomic mass is 10.1. The highest BCUT2D eigenvalue weighted by Crippen LogP contribution is 2.34. The minimum absolute atomic E-state index is 0.00955. The Hall–Kier alpha value is -3.05. The van der Waals surface area contributed by atoms with E-state index in [1.165, 1.54) is 12.4 Å². The maximum atomic E-state index is 12.2. The highest BCUT2D eigenvalue weighted by molar-refractivity contribution is 7.89. The number of carbonyl (C=O) groups excluding carboxylic acids is 1. The molecule has 0 unspecified atom stereocenters. The molecule has 1 aliphatic rings. The summed E-state index contributed by atoms with van der Waals surface area (Å²) in [6, 6.07) is 0. The zero-order valence-electron chi connectivity index (χ0n) is 14.3. The molecule has 2 rings (SSSR count). The molecule has 0 aromatic carbocycles. The number of anilines is 1. The predicted molar refractivity (Wildman–Crippen MR) is 100 cm³/mol. The first-order valence-corrected chi connectivity index (χ1v) is 9.86. The van der Waals surface area contributed by atoms with Gasteiger partial charge in [0.25, 0.3) is 5.91 Å². The lowest BCUT2D eigenvalue weighted by molar-refractivity contribution is -0.110. The first kappa shape index (κ1) is 21.3. The standard InChI is InChI=1S/C14H15F2N7O3S2/c1-3-14(7-28(25,26)23(2)13(18)22-14)11-21-9(6-27-11)20-10(24)8(17)4-5-19-12(15)16/h1,4-6,12,17,19H,7H2,2H3,(H2,18,22)(H,20,24)/b5-4-,17-8?/t14-/m0/s1. The Kier molecular flexibility index (Phi) is 6.00. The zero-order valence-corrected chi connectivity index (χ0v) is 15.9. The van der Waals surface area contributed by atoms with Crippen molar-refractivity contribution in [3.63, 3.8) is 0 Å². The number of sulfonamides is 1. The van der Waals surface area contributed by atoms with Gasteiger partial charge in [0.2, 0.25) is 16.0 Å². The molecule has 0 spiro atoms. The van der Waals surface area contributed by atoms with Crippen LogP contribution in [0.2, 0.25) is 0 Å². The summed E-state index contributed by atoms with van der Waals surface area (Å²) in [6.07, 6.45) is 7.11. The average molecular weight is 431 g/mol. The van der Waals surface area contributed by atoms with E-state index in [0.717, 1.165) is 27.9 Å². The molecule has 1 atom stereocenters. The third-order valence-electron chi connectivity index (χ3n) is 3.49. The minimum atomic E-state index is -3.82. The molecule has 2 heterocycles. The number of alkyl halides is 2. The lowest BCUT2D eigenvalue weighted by Crippen LogP contribution is -2.50. The van der Waals surface area contributed by atoms with Crippen LogP contribution in [0.5, 0.6) is 0 Å². The zero-order chi connectivity index (χ0) is 21.1. The fourth-order valence-corrected chi connectivity index (χ4v) is 4.31. The molecule has 0 fully saturated rings. The summed E-state index contributed by atoms with van der Waals surface area (Å²) in [6.45, 7) is -2.83. The van der Waals surface area contributed by atoms with Crippen LogP contribution in [-0.4, -0.2) is 54.6 Å². The first-order valence-electron chi connectivity index (χ1n) is 7.37. The second-order valence-corrected chi connectivity index (χ2v) is 8.26. The number of hydrogen-bond donors (Lipinski definition) is 4. The van der Waals surface area contributed by atoms with Gasteiger partial charge in [-0.05, 0) is 6.08 Å². The van der Waals surface area contributed by atoms with Gasteiger partial charge in [-0.15, -0.1) is 17.8 Å². The Labute approximate surface area is 163 Å². The number of aliphatic imine (C=N–C) groups is 1. The summed E-state index contributed by atoms with van der Waals surface area (Å²) < 4.78 is 49.2. The quantitative estimate of drug-likeness (QED) is 0.279. The molecule has 1 aliphatic heterocycles. The SMILES string of the molecule is C#C[C@@]1(c2nc(NC(=O)C(=N)/C=C\NC(F)F)cs2)CS(=O)(=O)N(C)C(N)=N1. The molecule has 150 valence electrons. The molecular formula is C14H15F2N7O3S2. The minimum Gasteiger partial charge on any atom is -0.369 e. The number of aromatic nitrogens is 1. The van der Waals surface area contributed by atoms with Gasteiger partial charge in [0.15, 0.2) is 5.54 Å². The fraction of sp³-hybridized carbons (Fsp3) is 0.286. The van der Waals surface area contributed by atoms with E-state index in [2.05, 4.69) is 21.2 Å². The largest absolute Gasteiger partial charge is 0.369 e. The third kappa shape index (κ3) is 4.43. The van der Waals surface area contributed by atoms with Crippen LogP contribution in [0, 0.1) is 17.8 Å².